The highest BCUT2D eigenvalue weighted by Gasteiger charge is 2.03. The van der Waals surface area contributed by atoms with Gasteiger partial charge in [0, 0.05) is 31.4 Å². The molecule has 1 aromatic heterocycles. The Kier molecular flexibility index (Phi) is 5.81. The Morgan fingerprint density at radius 1 is 1.24 bits per heavy atom. The summed E-state index contributed by atoms with van der Waals surface area (Å²) >= 11 is 0. The fourth-order valence-electron chi connectivity index (χ4n) is 2.42. The van der Waals surface area contributed by atoms with Crippen LogP contribution < -0.4 is 10.1 Å². The lowest BCUT2D eigenvalue weighted by Crippen LogP contribution is -2.27. The van der Waals surface area contributed by atoms with Crippen molar-refractivity contribution in [3.8, 4) is 5.75 Å². The number of nitrogens with zero attached hydrogens (tertiary/aromatic N) is 2. The molecule has 1 atom stereocenters. The van der Waals surface area contributed by atoms with Crippen LogP contribution in [0.25, 0.3) is 0 Å². The largest absolute Gasteiger partial charge is 0.493 e. The Bertz CT molecular complexity index is 533. The maximum absolute atomic E-state index is 5.79. The van der Waals surface area contributed by atoms with Crippen molar-refractivity contribution in [2.24, 2.45) is 7.05 Å². The third-order valence-corrected chi connectivity index (χ3v) is 3.57. The number of ether oxygens (including phenoxy) is 1. The molecular weight excluding hydrogens is 262 g/mol. The maximum atomic E-state index is 5.79. The van der Waals surface area contributed by atoms with Gasteiger partial charge in [0.25, 0.3) is 0 Å². The van der Waals surface area contributed by atoms with Crippen molar-refractivity contribution in [1.29, 1.82) is 0 Å². The van der Waals surface area contributed by atoms with Crippen molar-refractivity contribution in [2.75, 3.05) is 13.2 Å². The standard InChI is InChI=1S/C17H25N3O/c1-4-18-14(2)13-15-5-7-17(8-6-15)21-12-10-16-9-11-19-20(16)3/h5-9,11,14,18H,4,10,12-13H2,1-3H3. The summed E-state index contributed by atoms with van der Waals surface area (Å²) in [6.07, 6.45) is 3.73. The van der Waals surface area contributed by atoms with E-state index < -0.39 is 0 Å². The third-order valence-electron chi connectivity index (χ3n) is 3.57. The first-order valence-electron chi connectivity index (χ1n) is 7.61. The van der Waals surface area contributed by atoms with Gasteiger partial charge in [-0.05, 0) is 43.7 Å². The van der Waals surface area contributed by atoms with Gasteiger partial charge in [-0.25, -0.2) is 0 Å². The summed E-state index contributed by atoms with van der Waals surface area (Å²) in [6.45, 7) is 6.03. The van der Waals surface area contributed by atoms with Crippen LogP contribution in [0.4, 0.5) is 0 Å². The summed E-state index contributed by atoms with van der Waals surface area (Å²) in [5.74, 6) is 0.928. The van der Waals surface area contributed by atoms with Crippen LogP contribution in [0.5, 0.6) is 5.75 Å². The second-order valence-electron chi connectivity index (χ2n) is 5.35. The zero-order valence-corrected chi connectivity index (χ0v) is 13.2. The fourth-order valence-corrected chi connectivity index (χ4v) is 2.42. The predicted octanol–water partition coefficient (Wildman–Crippen LogP) is 2.58. The number of rotatable bonds is 8. The van der Waals surface area contributed by atoms with Gasteiger partial charge < -0.3 is 10.1 Å². The molecule has 0 fully saturated rings. The molecule has 0 amide bonds. The van der Waals surface area contributed by atoms with Gasteiger partial charge in [0.2, 0.25) is 0 Å². The number of likely N-dealkylation sites (N-methyl/N-ethyl adjacent to an activating group) is 1. The van der Waals surface area contributed by atoms with E-state index in [0.717, 1.165) is 25.1 Å². The van der Waals surface area contributed by atoms with E-state index in [1.807, 2.05) is 24.0 Å². The summed E-state index contributed by atoms with van der Waals surface area (Å²) in [7, 11) is 1.95. The van der Waals surface area contributed by atoms with Gasteiger partial charge in [-0.3, -0.25) is 4.68 Å². The number of hydrogen-bond donors (Lipinski definition) is 1. The Hall–Kier alpha value is -1.81. The molecule has 4 nitrogen and oxygen atoms in total. The molecule has 0 aliphatic carbocycles. The van der Waals surface area contributed by atoms with Crippen molar-refractivity contribution in [3.63, 3.8) is 0 Å². The van der Waals surface area contributed by atoms with Gasteiger partial charge >= 0.3 is 0 Å². The lowest BCUT2D eigenvalue weighted by Gasteiger charge is -2.12. The SMILES string of the molecule is CCNC(C)Cc1ccc(OCCc2ccnn2C)cc1. The number of hydrogen-bond acceptors (Lipinski definition) is 3. The van der Waals surface area contributed by atoms with E-state index in [-0.39, 0.29) is 0 Å². The molecular formula is C17H25N3O. The highest BCUT2D eigenvalue weighted by molar-refractivity contribution is 5.27. The molecule has 0 radical (unpaired) electrons. The first-order chi connectivity index (χ1) is 10.2. The van der Waals surface area contributed by atoms with E-state index >= 15 is 0 Å². The molecule has 0 bridgehead atoms. The smallest absolute Gasteiger partial charge is 0.119 e. The van der Waals surface area contributed by atoms with Crippen LogP contribution in [0, 0.1) is 0 Å². The summed E-state index contributed by atoms with van der Waals surface area (Å²) in [4.78, 5) is 0. The number of nitrogens with one attached hydrogen (secondary N) is 1. The Morgan fingerprint density at radius 2 is 2.00 bits per heavy atom. The van der Waals surface area contributed by atoms with Gasteiger partial charge in [0.15, 0.2) is 0 Å². The zero-order valence-electron chi connectivity index (χ0n) is 13.2. The van der Waals surface area contributed by atoms with Crippen molar-refractivity contribution in [2.45, 2.75) is 32.7 Å². The molecule has 114 valence electrons. The van der Waals surface area contributed by atoms with Crippen LogP contribution >= 0.6 is 0 Å². The summed E-state index contributed by atoms with van der Waals surface area (Å²) in [5, 5.41) is 7.58. The molecule has 0 spiro atoms. The van der Waals surface area contributed by atoms with Crippen LogP contribution in [0.15, 0.2) is 36.5 Å². The number of benzene rings is 1. The zero-order chi connectivity index (χ0) is 15.1. The van der Waals surface area contributed by atoms with Gasteiger partial charge in [-0.1, -0.05) is 19.1 Å². The fraction of sp³-hybridized carbons (Fsp3) is 0.471. The molecule has 1 N–H and O–H groups in total. The summed E-state index contributed by atoms with van der Waals surface area (Å²) in [5.41, 5.74) is 2.52. The van der Waals surface area contributed by atoms with E-state index in [9.17, 15) is 0 Å². The molecule has 4 heteroatoms. The van der Waals surface area contributed by atoms with Crippen molar-refractivity contribution >= 4 is 0 Å². The Morgan fingerprint density at radius 3 is 2.62 bits per heavy atom. The van der Waals surface area contributed by atoms with Crippen LogP contribution in [0.3, 0.4) is 0 Å². The molecule has 0 saturated heterocycles. The normalized spacial score (nSPS) is 12.3. The Balaban J connectivity index is 1.78. The predicted molar refractivity (Wildman–Crippen MR) is 85.7 cm³/mol. The number of aryl methyl sites for hydroxylation is 1. The molecule has 0 aliphatic rings. The van der Waals surface area contributed by atoms with Crippen molar-refractivity contribution < 1.29 is 4.74 Å². The first-order valence-corrected chi connectivity index (χ1v) is 7.61. The molecule has 0 aliphatic heterocycles. The minimum absolute atomic E-state index is 0.506. The van der Waals surface area contributed by atoms with Crippen molar-refractivity contribution in [1.82, 2.24) is 15.1 Å². The second kappa shape index (κ2) is 7.84. The minimum Gasteiger partial charge on any atom is -0.493 e. The van der Waals surface area contributed by atoms with Gasteiger partial charge in [0.05, 0.1) is 6.61 Å². The van der Waals surface area contributed by atoms with Crippen molar-refractivity contribution in [3.05, 3.63) is 47.8 Å². The summed E-state index contributed by atoms with van der Waals surface area (Å²) < 4.78 is 7.67. The van der Waals surface area contributed by atoms with Gasteiger partial charge in [0.1, 0.15) is 5.75 Å². The van der Waals surface area contributed by atoms with Crippen LogP contribution in [-0.2, 0) is 19.9 Å². The van der Waals surface area contributed by atoms with Crippen LogP contribution in [0.1, 0.15) is 25.1 Å². The van der Waals surface area contributed by atoms with Crippen LogP contribution in [-0.4, -0.2) is 29.0 Å². The number of aromatic nitrogens is 2. The third kappa shape index (κ3) is 4.90. The van der Waals surface area contributed by atoms with Crippen LogP contribution in [0.2, 0.25) is 0 Å². The molecule has 0 saturated carbocycles. The lowest BCUT2D eigenvalue weighted by atomic mass is 10.1. The lowest BCUT2D eigenvalue weighted by molar-refractivity contribution is 0.318. The Labute approximate surface area is 127 Å². The molecule has 1 unspecified atom stereocenters. The summed E-state index contributed by atoms with van der Waals surface area (Å²) in [6, 6.07) is 10.9. The minimum atomic E-state index is 0.506. The van der Waals surface area contributed by atoms with Gasteiger partial charge in [-0.15, -0.1) is 0 Å². The van der Waals surface area contributed by atoms with E-state index in [0.29, 0.717) is 12.6 Å². The van der Waals surface area contributed by atoms with E-state index in [4.69, 9.17) is 4.74 Å². The average molecular weight is 287 g/mol. The molecule has 2 rings (SSSR count). The highest BCUT2D eigenvalue weighted by Crippen LogP contribution is 2.14. The molecule has 1 aromatic carbocycles. The second-order valence-corrected chi connectivity index (χ2v) is 5.35. The van der Waals surface area contributed by atoms with Gasteiger partial charge in [-0.2, -0.15) is 5.10 Å². The highest BCUT2D eigenvalue weighted by atomic mass is 16.5. The maximum Gasteiger partial charge on any atom is 0.119 e. The molecule has 21 heavy (non-hydrogen) atoms. The molecule has 1 heterocycles. The monoisotopic (exact) mass is 287 g/mol. The first kappa shape index (κ1) is 15.6. The van der Waals surface area contributed by atoms with E-state index in [1.165, 1.54) is 11.3 Å². The quantitative estimate of drug-likeness (QED) is 0.811. The average Bonchev–Trinajstić information content (AvgIpc) is 2.87. The molecule has 2 aromatic rings. The van der Waals surface area contributed by atoms with E-state index in [1.54, 1.807) is 0 Å². The van der Waals surface area contributed by atoms with E-state index in [2.05, 4.69) is 48.5 Å². The topological polar surface area (TPSA) is 39.1 Å².